The van der Waals surface area contributed by atoms with Gasteiger partial charge in [-0.15, -0.1) is 0 Å². The standard InChI is InChI=1S/C39H57F3N4/c1-8-43-38-35(26-34(27(2)3)31-17-12-9-13-18-31)30(6)45(7)23-14-10-11-16-28(4)46-24-21-32(22-25-46)39(41,42)36-20-15-19-33(37(36)40)29(5)44-38/h8,15,19-20,26,28-29,31-32H,1-2,9-14,16-18,21-25H2,3-7H3,(H,43,44)/b34-26+,35-30-/t28?,29-/m1/s1. The molecule has 7 heteroatoms. The highest BCUT2D eigenvalue weighted by atomic mass is 19.3. The zero-order valence-corrected chi connectivity index (χ0v) is 29.0. The van der Waals surface area contributed by atoms with Gasteiger partial charge < -0.3 is 15.1 Å². The van der Waals surface area contributed by atoms with Crippen molar-refractivity contribution in [2.75, 3.05) is 26.7 Å². The highest BCUT2D eigenvalue weighted by Crippen LogP contribution is 2.44. The van der Waals surface area contributed by atoms with Gasteiger partial charge in [0.1, 0.15) is 11.7 Å². The van der Waals surface area contributed by atoms with E-state index in [4.69, 9.17) is 4.99 Å². The van der Waals surface area contributed by atoms with E-state index < -0.39 is 29.3 Å². The summed E-state index contributed by atoms with van der Waals surface area (Å²) in [6.07, 6.45) is 14.7. The van der Waals surface area contributed by atoms with E-state index >= 15 is 13.2 Å². The molecular formula is C39H57F3N4. The molecular weight excluding hydrogens is 581 g/mol. The molecule has 254 valence electrons. The maximum Gasteiger partial charge on any atom is 0.278 e. The van der Waals surface area contributed by atoms with Crippen molar-refractivity contribution >= 4 is 5.84 Å². The van der Waals surface area contributed by atoms with Crippen molar-refractivity contribution < 1.29 is 13.2 Å². The van der Waals surface area contributed by atoms with Crippen molar-refractivity contribution in [3.05, 3.63) is 83.0 Å². The monoisotopic (exact) mass is 638 g/mol. The summed E-state index contributed by atoms with van der Waals surface area (Å²) < 4.78 is 48.3. The van der Waals surface area contributed by atoms with Crippen LogP contribution in [0.15, 0.2) is 71.0 Å². The van der Waals surface area contributed by atoms with Gasteiger partial charge in [-0.1, -0.05) is 69.0 Å². The van der Waals surface area contributed by atoms with Gasteiger partial charge in [0.25, 0.3) is 5.92 Å². The average molecular weight is 639 g/mol. The Morgan fingerprint density at radius 1 is 0.978 bits per heavy atom. The van der Waals surface area contributed by atoms with Crippen molar-refractivity contribution in [1.82, 2.24) is 15.1 Å². The highest BCUT2D eigenvalue weighted by Gasteiger charge is 2.45. The molecule has 46 heavy (non-hydrogen) atoms. The summed E-state index contributed by atoms with van der Waals surface area (Å²) in [5.74, 6) is -4.03. The number of amidine groups is 1. The molecule has 0 aromatic heterocycles. The molecule has 1 N–H and O–H groups in total. The zero-order chi connectivity index (χ0) is 33.4. The summed E-state index contributed by atoms with van der Waals surface area (Å²) >= 11 is 0. The first-order chi connectivity index (χ1) is 21.9. The fourth-order valence-corrected chi connectivity index (χ4v) is 7.62. The van der Waals surface area contributed by atoms with Crippen molar-refractivity contribution in [3.8, 4) is 0 Å². The van der Waals surface area contributed by atoms with Crippen molar-refractivity contribution in [3.63, 3.8) is 0 Å². The molecule has 2 fully saturated rings. The quantitative estimate of drug-likeness (QED) is 0.333. The number of hydrogen-bond acceptors (Lipinski definition) is 4. The molecule has 0 spiro atoms. The Balaban J connectivity index is 1.84. The van der Waals surface area contributed by atoms with Crippen molar-refractivity contribution in [2.45, 2.75) is 116 Å². The molecule has 1 unspecified atom stereocenters. The minimum Gasteiger partial charge on any atom is -0.378 e. The van der Waals surface area contributed by atoms with Crippen molar-refractivity contribution in [1.29, 1.82) is 0 Å². The number of fused-ring (bicyclic) bond motifs is 11. The molecule has 1 aromatic carbocycles. The lowest BCUT2D eigenvalue weighted by Gasteiger charge is -2.39. The maximum absolute atomic E-state index is 16.2. The Morgan fingerprint density at radius 3 is 2.28 bits per heavy atom. The van der Waals surface area contributed by atoms with Crippen LogP contribution in [0.3, 0.4) is 0 Å². The van der Waals surface area contributed by atoms with Crippen LogP contribution < -0.4 is 5.32 Å². The second-order valence-corrected chi connectivity index (χ2v) is 14.0. The van der Waals surface area contributed by atoms with Gasteiger partial charge in [-0.3, -0.25) is 4.99 Å². The van der Waals surface area contributed by atoms with Crippen LogP contribution in [0.2, 0.25) is 0 Å². The number of alkyl halides is 2. The van der Waals surface area contributed by atoms with Crippen LogP contribution in [0.1, 0.15) is 115 Å². The molecule has 5 rings (SSSR count). The first kappa shape index (κ1) is 36.0. The minimum atomic E-state index is -3.26. The molecule has 4 aliphatic rings. The van der Waals surface area contributed by atoms with Crippen LogP contribution in [-0.4, -0.2) is 48.4 Å². The van der Waals surface area contributed by atoms with Crippen LogP contribution in [0.5, 0.6) is 0 Å². The second-order valence-electron chi connectivity index (χ2n) is 14.0. The number of hydrogen-bond donors (Lipinski definition) is 1. The summed E-state index contributed by atoms with van der Waals surface area (Å²) in [6.45, 7) is 18.6. The summed E-state index contributed by atoms with van der Waals surface area (Å²) in [4.78, 5) is 9.62. The number of rotatable bonds is 4. The molecule has 1 aromatic rings. The van der Waals surface area contributed by atoms with Crippen molar-refractivity contribution in [2.24, 2.45) is 16.8 Å². The highest BCUT2D eigenvalue weighted by molar-refractivity contribution is 6.02. The van der Waals surface area contributed by atoms with E-state index in [1.165, 1.54) is 30.9 Å². The lowest BCUT2D eigenvalue weighted by molar-refractivity contribution is -0.0907. The number of piperidine rings is 1. The van der Waals surface area contributed by atoms with Gasteiger partial charge in [-0.2, -0.15) is 0 Å². The Bertz CT molecular complexity index is 1300. The molecule has 1 aliphatic carbocycles. The predicted octanol–water partition coefficient (Wildman–Crippen LogP) is 10.1. The number of benzene rings is 1. The Kier molecular flexibility index (Phi) is 12.8. The van der Waals surface area contributed by atoms with Gasteiger partial charge in [0.15, 0.2) is 0 Å². The summed E-state index contributed by atoms with van der Waals surface area (Å²) in [5.41, 5.74) is 3.85. The Labute approximate surface area is 276 Å². The first-order valence-corrected chi connectivity index (χ1v) is 17.6. The Morgan fingerprint density at radius 2 is 1.63 bits per heavy atom. The van der Waals surface area contributed by atoms with E-state index in [9.17, 15) is 0 Å². The van der Waals surface area contributed by atoms with Crippen LogP contribution in [0.4, 0.5) is 13.2 Å². The molecule has 4 nitrogen and oxygen atoms in total. The number of allylic oxidation sites excluding steroid dienone is 3. The molecule has 2 atom stereocenters. The summed E-state index contributed by atoms with van der Waals surface area (Å²) in [6, 6.07) is 4.03. The molecule has 1 saturated carbocycles. The molecule has 1 saturated heterocycles. The van der Waals surface area contributed by atoms with Crippen LogP contribution in [0, 0.1) is 17.7 Å². The normalized spacial score (nSPS) is 29.2. The van der Waals surface area contributed by atoms with Crippen LogP contribution in [0.25, 0.3) is 0 Å². The number of nitrogens with one attached hydrogen (secondary N) is 1. The van der Waals surface area contributed by atoms with Gasteiger partial charge in [-0.05, 0) is 103 Å². The maximum atomic E-state index is 16.2. The minimum absolute atomic E-state index is 0.169. The number of aliphatic imine (C=N–C) groups is 1. The van der Waals surface area contributed by atoms with Gasteiger partial charge in [0, 0.05) is 42.4 Å². The smallest absolute Gasteiger partial charge is 0.278 e. The number of halogens is 3. The lowest BCUT2D eigenvalue weighted by atomic mass is 9.80. The van der Waals surface area contributed by atoms with Crippen LogP contribution in [-0.2, 0) is 5.92 Å². The van der Waals surface area contributed by atoms with E-state index in [-0.39, 0.29) is 5.56 Å². The van der Waals surface area contributed by atoms with Gasteiger partial charge in [-0.25, -0.2) is 13.2 Å². The van der Waals surface area contributed by atoms with Gasteiger partial charge in [0.05, 0.1) is 11.6 Å². The van der Waals surface area contributed by atoms with Gasteiger partial charge in [0.2, 0.25) is 0 Å². The SMILES string of the molecule is C=CNC1=N[C@H](C)c2cccc(c2F)C(F)(F)C2CCN(CC2)C(C)CCCCCN(C)/C(C)=C1/C=C(\C(=C)C)C1CCCCC1. The second kappa shape index (κ2) is 16.3. The third-order valence-electron chi connectivity index (χ3n) is 10.7. The summed E-state index contributed by atoms with van der Waals surface area (Å²) in [7, 11) is 2.11. The van der Waals surface area contributed by atoms with E-state index in [0.717, 1.165) is 61.9 Å². The third-order valence-corrected chi connectivity index (χ3v) is 10.7. The van der Waals surface area contributed by atoms with E-state index in [1.807, 2.05) is 0 Å². The molecule has 0 amide bonds. The summed E-state index contributed by atoms with van der Waals surface area (Å²) in [5, 5.41) is 3.25. The first-order valence-electron chi connectivity index (χ1n) is 17.6. The third kappa shape index (κ3) is 8.56. The van der Waals surface area contributed by atoms with Crippen LogP contribution >= 0.6 is 0 Å². The topological polar surface area (TPSA) is 30.9 Å². The number of nitrogens with zero attached hydrogens (tertiary/aromatic N) is 3. The zero-order valence-electron chi connectivity index (χ0n) is 29.0. The average Bonchev–Trinajstić information content (AvgIpc) is 3.04. The van der Waals surface area contributed by atoms with E-state index in [1.54, 1.807) is 25.3 Å². The fraction of sp³-hybridized carbons (Fsp3) is 0.615. The van der Waals surface area contributed by atoms with Gasteiger partial charge >= 0.3 is 0 Å². The van der Waals surface area contributed by atoms with E-state index in [2.05, 4.69) is 62.2 Å². The lowest BCUT2D eigenvalue weighted by Crippen LogP contribution is -2.43. The Hall–Kier alpha value is -2.80. The molecule has 4 bridgehead atoms. The predicted molar refractivity (Wildman–Crippen MR) is 187 cm³/mol. The molecule has 3 aliphatic heterocycles. The molecule has 3 heterocycles. The fourth-order valence-electron chi connectivity index (χ4n) is 7.62. The largest absolute Gasteiger partial charge is 0.378 e. The molecule has 0 radical (unpaired) electrons. The van der Waals surface area contributed by atoms with E-state index in [0.29, 0.717) is 43.7 Å².